The maximum Gasteiger partial charge on any atom is 0.214 e. The second-order valence-electron chi connectivity index (χ2n) is 9.16. The summed E-state index contributed by atoms with van der Waals surface area (Å²) in [6, 6.07) is 16.7. The number of nitrogens with zero attached hydrogens (tertiary/aromatic N) is 6. The molecule has 1 atom stereocenters. The van der Waals surface area contributed by atoms with Crippen molar-refractivity contribution in [3.63, 3.8) is 0 Å². The van der Waals surface area contributed by atoms with Gasteiger partial charge in [-0.05, 0) is 60.0 Å². The van der Waals surface area contributed by atoms with Gasteiger partial charge in [0.1, 0.15) is 0 Å². The largest absolute Gasteiger partial charge is 0.360 e. The van der Waals surface area contributed by atoms with E-state index in [1.807, 2.05) is 18.2 Å². The van der Waals surface area contributed by atoms with Gasteiger partial charge < -0.3 is 9.80 Å². The third kappa shape index (κ3) is 4.46. The zero-order valence-corrected chi connectivity index (χ0v) is 19.7. The molecule has 8 heteroatoms. The fraction of sp³-hybridized carbons (Fsp3) is 0.440. The molecule has 2 aromatic carbocycles. The molecule has 0 bridgehead atoms. The lowest BCUT2D eigenvalue weighted by Crippen LogP contribution is -3.15. The van der Waals surface area contributed by atoms with Gasteiger partial charge in [0.25, 0.3) is 0 Å². The van der Waals surface area contributed by atoms with Crippen LogP contribution in [0.5, 0.6) is 0 Å². The van der Waals surface area contributed by atoms with Gasteiger partial charge in [0, 0.05) is 16.3 Å². The number of benzene rings is 2. The third-order valence-electron chi connectivity index (χ3n) is 7.15. The summed E-state index contributed by atoms with van der Waals surface area (Å²) in [6.45, 7) is 5.95. The Labute approximate surface area is 199 Å². The van der Waals surface area contributed by atoms with E-state index in [0.717, 1.165) is 55.4 Å². The molecule has 1 aromatic heterocycles. The molecule has 1 saturated heterocycles. The lowest BCUT2D eigenvalue weighted by atomic mass is 10.0. The monoisotopic (exact) mass is 462 g/mol. The smallest absolute Gasteiger partial charge is 0.214 e. The van der Waals surface area contributed by atoms with Crippen molar-refractivity contribution in [2.75, 3.05) is 31.1 Å². The maximum atomic E-state index is 9.26. The van der Waals surface area contributed by atoms with E-state index in [9.17, 15) is 5.26 Å². The van der Waals surface area contributed by atoms with E-state index in [-0.39, 0.29) is 6.04 Å². The number of tetrazole rings is 1. The van der Waals surface area contributed by atoms with Crippen LogP contribution in [0.25, 0.3) is 0 Å². The fourth-order valence-corrected chi connectivity index (χ4v) is 5.53. The van der Waals surface area contributed by atoms with Gasteiger partial charge in [-0.25, -0.2) is 4.68 Å². The van der Waals surface area contributed by atoms with Gasteiger partial charge in [0.05, 0.1) is 43.9 Å². The number of quaternary nitrogens is 1. The Kier molecular flexibility index (Phi) is 6.30. The van der Waals surface area contributed by atoms with Crippen molar-refractivity contribution in [3.05, 3.63) is 70.0 Å². The van der Waals surface area contributed by atoms with Gasteiger partial charge in [-0.15, -0.1) is 5.10 Å². The predicted molar refractivity (Wildman–Crippen MR) is 127 cm³/mol. The first-order valence-corrected chi connectivity index (χ1v) is 12.2. The van der Waals surface area contributed by atoms with Crippen molar-refractivity contribution in [3.8, 4) is 6.07 Å². The molecule has 0 unspecified atom stereocenters. The molecule has 7 nitrogen and oxygen atoms in total. The number of anilines is 1. The molecule has 3 aromatic rings. The zero-order chi connectivity index (χ0) is 22.8. The number of rotatable bonds is 5. The highest BCUT2D eigenvalue weighted by molar-refractivity contribution is 6.30. The third-order valence-corrected chi connectivity index (χ3v) is 7.38. The summed E-state index contributed by atoms with van der Waals surface area (Å²) < 4.78 is 2.08. The molecule has 1 saturated carbocycles. The van der Waals surface area contributed by atoms with E-state index in [1.54, 1.807) is 0 Å². The van der Waals surface area contributed by atoms with Gasteiger partial charge in [-0.2, -0.15) is 5.26 Å². The molecule has 2 heterocycles. The average Bonchev–Trinajstić information content (AvgIpc) is 3.54. The molecule has 1 N–H and O–H groups in total. The minimum atomic E-state index is 0.0379. The molecule has 2 fully saturated rings. The topological polar surface area (TPSA) is 75.1 Å². The number of halogens is 1. The Morgan fingerprint density at radius 1 is 1.09 bits per heavy atom. The molecule has 33 heavy (non-hydrogen) atoms. The first-order chi connectivity index (χ1) is 16.1. The molecule has 5 rings (SSSR count). The van der Waals surface area contributed by atoms with Gasteiger partial charge in [0.15, 0.2) is 6.04 Å². The van der Waals surface area contributed by atoms with Crippen LogP contribution in [0.15, 0.2) is 42.5 Å². The fourth-order valence-electron chi connectivity index (χ4n) is 5.36. The van der Waals surface area contributed by atoms with Crippen molar-refractivity contribution in [2.45, 2.75) is 44.7 Å². The summed E-state index contributed by atoms with van der Waals surface area (Å²) >= 11 is 6.29. The van der Waals surface area contributed by atoms with E-state index < -0.39 is 0 Å². The molecule has 1 aliphatic heterocycles. The average molecular weight is 463 g/mol. The highest BCUT2D eigenvalue weighted by atomic mass is 35.5. The van der Waals surface area contributed by atoms with Crippen LogP contribution in [0.1, 0.15) is 60.3 Å². The van der Waals surface area contributed by atoms with Crippen LogP contribution in [0.4, 0.5) is 5.69 Å². The summed E-state index contributed by atoms with van der Waals surface area (Å²) in [5, 5.41) is 23.1. The lowest BCUT2D eigenvalue weighted by Gasteiger charge is -2.38. The highest BCUT2D eigenvalue weighted by Crippen LogP contribution is 2.31. The Hall–Kier alpha value is -2.95. The first-order valence-electron chi connectivity index (χ1n) is 11.8. The number of nitriles is 1. The SMILES string of the molecule is Cc1ccc(Cl)cc1N1CC[NH+]([C@@H](c2ccc(C#N)cc2)c2nnnn2C2CCCC2)CC1. The van der Waals surface area contributed by atoms with Gasteiger partial charge in [-0.1, -0.05) is 42.6 Å². The Morgan fingerprint density at radius 3 is 2.52 bits per heavy atom. The molecule has 1 aliphatic carbocycles. The van der Waals surface area contributed by atoms with Crippen LogP contribution in [-0.4, -0.2) is 46.4 Å². The van der Waals surface area contributed by atoms with Gasteiger partial charge >= 0.3 is 0 Å². The minimum Gasteiger partial charge on any atom is -0.360 e. The van der Waals surface area contributed by atoms with Gasteiger partial charge in [0.2, 0.25) is 5.82 Å². The molecule has 170 valence electrons. The number of nitrogens with one attached hydrogen (secondary N) is 1. The summed E-state index contributed by atoms with van der Waals surface area (Å²) in [5.74, 6) is 0.939. The zero-order valence-electron chi connectivity index (χ0n) is 18.9. The van der Waals surface area contributed by atoms with Crippen LogP contribution in [0, 0.1) is 18.3 Å². The van der Waals surface area contributed by atoms with Crippen molar-refractivity contribution < 1.29 is 4.90 Å². The van der Waals surface area contributed by atoms with Crippen LogP contribution < -0.4 is 9.80 Å². The second-order valence-corrected chi connectivity index (χ2v) is 9.60. The summed E-state index contributed by atoms with van der Waals surface area (Å²) in [4.78, 5) is 3.88. The Balaban J connectivity index is 1.44. The molecular formula is C25H29ClN7+. The summed E-state index contributed by atoms with van der Waals surface area (Å²) in [6.07, 6.45) is 4.73. The number of aryl methyl sites for hydroxylation is 1. The van der Waals surface area contributed by atoms with Crippen LogP contribution in [0.3, 0.4) is 0 Å². The quantitative estimate of drug-likeness (QED) is 0.630. The van der Waals surface area contributed by atoms with Crippen LogP contribution in [0.2, 0.25) is 5.02 Å². The second kappa shape index (κ2) is 9.50. The normalized spacial score (nSPS) is 18.4. The Morgan fingerprint density at radius 2 is 1.82 bits per heavy atom. The molecule has 2 aliphatic rings. The van der Waals surface area contributed by atoms with E-state index in [0.29, 0.717) is 11.6 Å². The van der Waals surface area contributed by atoms with Crippen molar-refractivity contribution >= 4 is 17.3 Å². The molecular weight excluding hydrogens is 434 g/mol. The van der Waals surface area contributed by atoms with Crippen LogP contribution >= 0.6 is 11.6 Å². The summed E-state index contributed by atoms with van der Waals surface area (Å²) in [5.41, 5.74) is 4.29. The number of hydrogen-bond donors (Lipinski definition) is 1. The number of hydrogen-bond acceptors (Lipinski definition) is 5. The number of piperazine rings is 1. The van der Waals surface area contributed by atoms with E-state index in [4.69, 9.17) is 11.6 Å². The van der Waals surface area contributed by atoms with Crippen molar-refractivity contribution in [1.82, 2.24) is 20.2 Å². The van der Waals surface area contributed by atoms with E-state index >= 15 is 0 Å². The maximum absolute atomic E-state index is 9.26. The standard InChI is InChI=1S/C25H28ClN7/c1-18-6-11-21(26)16-23(18)31-12-14-32(15-13-31)24(20-9-7-19(17-27)8-10-20)25-28-29-30-33(25)22-4-2-3-5-22/h6-11,16,22,24H,2-5,12-15H2,1H3/p+1/t24-/m0/s1. The van der Waals surface area contributed by atoms with E-state index in [2.05, 4.69) is 62.4 Å². The lowest BCUT2D eigenvalue weighted by molar-refractivity contribution is -0.927. The van der Waals surface area contributed by atoms with Crippen molar-refractivity contribution in [1.29, 1.82) is 5.26 Å². The van der Waals surface area contributed by atoms with Crippen molar-refractivity contribution in [2.24, 2.45) is 0 Å². The first kappa shape index (κ1) is 21.9. The van der Waals surface area contributed by atoms with Crippen LogP contribution in [-0.2, 0) is 0 Å². The number of aromatic nitrogens is 4. The highest BCUT2D eigenvalue weighted by Gasteiger charge is 2.36. The molecule has 0 spiro atoms. The van der Waals surface area contributed by atoms with E-state index in [1.165, 1.54) is 29.0 Å². The Bertz CT molecular complexity index is 1140. The van der Waals surface area contributed by atoms with Gasteiger partial charge in [-0.3, -0.25) is 0 Å². The minimum absolute atomic E-state index is 0.0379. The predicted octanol–water partition coefficient (Wildman–Crippen LogP) is 3.12. The summed E-state index contributed by atoms with van der Waals surface area (Å²) in [7, 11) is 0. The molecule has 0 amide bonds. The molecule has 0 radical (unpaired) electrons.